The second kappa shape index (κ2) is 10.5. The Morgan fingerprint density at radius 3 is 2.53 bits per heavy atom. The van der Waals surface area contributed by atoms with Crippen molar-refractivity contribution in [3.63, 3.8) is 0 Å². The average molecular weight is 465 g/mol. The van der Waals surface area contributed by atoms with Crippen LogP contribution in [0.4, 0.5) is 4.79 Å². The molecule has 0 bridgehead atoms. The zero-order valence-electron chi connectivity index (χ0n) is 18.9. The van der Waals surface area contributed by atoms with Crippen molar-refractivity contribution in [2.45, 2.75) is 12.8 Å². The number of carbonyl (C=O) groups is 1. The molecule has 1 aliphatic heterocycles. The van der Waals surface area contributed by atoms with Gasteiger partial charge in [0, 0.05) is 37.2 Å². The number of nitrogens with two attached hydrogens (primary N) is 1. The fourth-order valence-corrected chi connectivity index (χ4v) is 4.45. The van der Waals surface area contributed by atoms with Crippen LogP contribution in [0.15, 0.2) is 68.9 Å². The van der Waals surface area contributed by atoms with Crippen LogP contribution in [-0.4, -0.2) is 54.6 Å². The molecule has 9 nitrogen and oxygen atoms in total. The van der Waals surface area contributed by atoms with Crippen molar-refractivity contribution in [1.29, 1.82) is 0 Å². The van der Waals surface area contributed by atoms with Crippen molar-refractivity contribution < 1.29 is 19.1 Å². The van der Waals surface area contributed by atoms with Crippen molar-refractivity contribution in [3.8, 4) is 5.75 Å². The van der Waals surface area contributed by atoms with E-state index >= 15 is 0 Å². The molecule has 34 heavy (non-hydrogen) atoms. The zero-order chi connectivity index (χ0) is 24.1. The number of nitrogens with zero attached hydrogens (tertiary/aromatic N) is 2. The van der Waals surface area contributed by atoms with Gasteiger partial charge in [-0.2, -0.15) is 5.10 Å². The van der Waals surface area contributed by atoms with Gasteiger partial charge in [0.25, 0.3) is 0 Å². The molecule has 1 aromatic heterocycles. The lowest BCUT2D eigenvalue weighted by Gasteiger charge is -2.34. The second-order valence-corrected chi connectivity index (χ2v) is 8.29. The fraction of sp³-hybridized carbons (Fsp3) is 0.320. The number of hydrazone groups is 1. The third-order valence-electron chi connectivity index (χ3n) is 6.13. The van der Waals surface area contributed by atoms with Crippen LogP contribution in [0.5, 0.6) is 5.75 Å². The first-order chi connectivity index (χ1) is 16.5. The van der Waals surface area contributed by atoms with Gasteiger partial charge in [-0.1, -0.05) is 42.5 Å². The van der Waals surface area contributed by atoms with Gasteiger partial charge < -0.3 is 20.0 Å². The molecular formula is C25H28N4O5. The smallest absolute Gasteiger partial charge is 0.343 e. The van der Waals surface area contributed by atoms with Crippen LogP contribution >= 0.6 is 0 Å². The Morgan fingerprint density at radius 2 is 1.82 bits per heavy atom. The Morgan fingerprint density at radius 1 is 1.15 bits per heavy atom. The van der Waals surface area contributed by atoms with E-state index in [-0.39, 0.29) is 17.2 Å². The van der Waals surface area contributed by atoms with E-state index in [4.69, 9.17) is 14.9 Å². The highest BCUT2D eigenvalue weighted by Gasteiger charge is 2.35. The molecule has 2 heterocycles. The molecule has 178 valence electrons. The van der Waals surface area contributed by atoms with Crippen molar-refractivity contribution >= 4 is 22.7 Å². The van der Waals surface area contributed by atoms with Crippen LogP contribution in [-0.2, 0) is 4.74 Å². The first-order valence-electron chi connectivity index (χ1n) is 11.1. The number of hydrogen-bond donors (Lipinski definition) is 3. The number of ether oxygens (including phenoxy) is 1. The van der Waals surface area contributed by atoms with Crippen LogP contribution in [0.2, 0.25) is 0 Å². The van der Waals surface area contributed by atoms with Crippen LogP contribution in [0, 0.1) is 5.92 Å². The molecule has 2 aromatic carbocycles. The maximum atomic E-state index is 13.3. The third-order valence-corrected chi connectivity index (χ3v) is 6.13. The van der Waals surface area contributed by atoms with Gasteiger partial charge in [-0.05, 0) is 24.6 Å². The van der Waals surface area contributed by atoms with Crippen LogP contribution < -0.4 is 16.8 Å². The summed E-state index contributed by atoms with van der Waals surface area (Å²) in [6.45, 7) is 4.92. The molecular weight excluding hydrogens is 436 g/mol. The number of amides is 2. The number of hydrogen-bond acceptors (Lipinski definition) is 7. The average Bonchev–Trinajstić information content (AvgIpc) is 2.85. The topological polar surface area (TPSA) is 130 Å². The van der Waals surface area contributed by atoms with E-state index in [9.17, 15) is 14.7 Å². The molecule has 1 fully saturated rings. The molecule has 1 aliphatic rings. The van der Waals surface area contributed by atoms with Crippen LogP contribution in [0.25, 0.3) is 11.0 Å². The normalized spacial score (nSPS) is 16.8. The number of para-hydroxylation sites is 1. The molecule has 1 saturated heterocycles. The lowest BCUT2D eigenvalue weighted by atomic mass is 9.78. The van der Waals surface area contributed by atoms with E-state index in [1.165, 1.54) is 0 Å². The highest BCUT2D eigenvalue weighted by atomic mass is 16.5. The van der Waals surface area contributed by atoms with Gasteiger partial charge in [0.2, 0.25) is 0 Å². The Kier molecular flexibility index (Phi) is 7.24. The Labute approximate surface area is 196 Å². The lowest BCUT2D eigenvalue weighted by molar-refractivity contribution is 0.0335. The van der Waals surface area contributed by atoms with Gasteiger partial charge in [0.15, 0.2) is 0 Å². The van der Waals surface area contributed by atoms with E-state index in [0.717, 1.165) is 5.56 Å². The van der Waals surface area contributed by atoms with Crippen molar-refractivity contribution in [2.24, 2.45) is 16.8 Å². The van der Waals surface area contributed by atoms with Gasteiger partial charge in [0.05, 0.1) is 24.2 Å². The third kappa shape index (κ3) is 5.11. The number of nitrogens with one attached hydrogen (secondary N) is 1. The molecule has 2 amide bonds. The van der Waals surface area contributed by atoms with Gasteiger partial charge in [0.1, 0.15) is 11.3 Å². The highest BCUT2D eigenvalue weighted by molar-refractivity contribution is 5.89. The van der Waals surface area contributed by atoms with Gasteiger partial charge in [-0.15, -0.1) is 0 Å². The lowest BCUT2D eigenvalue weighted by Crippen LogP contribution is -2.43. The molecule has 0 unspecified atom stereocenters. The summed E-state index contributed by atoms with van der Waals surface area (Å²) in [6.07, 6.45) is 0. The van der Waals surface area contributed by atoms with E-state index in [2.05, 4.69) is 15.4 Å². The molecule has 4 N–H and O–H groups in total. The standard InChI is InChI=1S/C25H28N4O5/c1-16(27-28-25(26)32)19(15-29-11-13-33-14-12-29)21(17-7-3-2-4-8-17)22-23(30)18-9-5-6-10-20(18)34-24(22)31/h2-10,19,21,30H,11-15H2,1H3,(H3,26,28,32)/b27-16-/t19-,21-/m1/s1. The highest BCUT2D eigenvalue weighted by Crippen LogP contribution is 2.39. The SMILES string of the molecule is C/C(=N/NC(N)=O)[C@@H](CN1CCOCC1)[C@@H](c1ccccc1)c1c(O)c2ccccc2oc1=O. The minimum atomic E-state index is -0.784. The summed E-state index contributed by atoms with van der Waals surface area (Å²) in [5.41, 5.74) is 8.76. The van der Waals surface area contributed by atoms with E-state index in [1.807, 2.05) is 30.3 Å². The summed E-state index contributed by atoms with van der Waals surface area (Å²) in [6, 6.07) is 15.5. The minimum Gasteiger partial charge on any atom is -0.507 e. The largest absolute Gasteiger partial charge is 0.507 e. The number of urea groups is 1. The molecule has 3 aromatic rings. The molecule has 0 aliphatic carbocycles. The predicted molar refractivity (Wildman–Crippen MR) is 129 cm³/mol. The monoisotopic (exact) mass is 464 g/mol. The van der Waals surface area contributed by atoms with Crippen LogP contribution in [0.3, 0.4) is 0 Å². The molecule has 2 atom stereocenters. The maximum absolute atomic E-state index is 13.3. The van der Waals surface area contributed by atoms with Gasteiger partial charge in [-0.25, -0.2) is 15.0 Å². The number of primary amides is 1. The Bertz CT molecular complexity index is 1240. The Balaban J connectivity index is 1.90. The van der Waals surface area contributed by atoms with Crippen molar-refractivity contribution in [3.05, 3.63) is 76.1 Å². The predicted octanol–water partition coefficient (Wildman–Crippen LogP) is 2.62. The summed E-state index contributed by atoms with van der Waals surface area (Å²) >= 11 is 0. The number of benzene rings is 2. The van der Waals surface area contributed by atoms with Gasteiger partial charge >= 0.3 is 11.7 Å². The van der Waals surface area contributed by atoms with Gasteiger partial charge in [-0.3, -0.25) is 4.90 Å². The molecule has 0 radical (unpaired) electrons. The quantitative estimate of drug-likeness (QED) is 0.280. The van der Waals surface area contributed by atoms with Crippen molar-refractivity contribution in [1.82, 2.24) is 10.3 Å². The first-order valence-corrected chi connectivity index (χ1v) is 11.1. The number of fused-ring (bicyclic) bond motifs is 1. The number of rotatable bonds is 7. The molecule has 0 saturated carbocycles. The summed E-state index contributed by atoms with van der Waals surface area (Å²) in [5.74, 6) is -1.10. The van der Waals surface area contributed by atoms with E-state index < -0.39 is 17.6 Å². The molecule has 0 spiro atoms. The summed E-state index contributed by atoms with van der Waals surface area (Å²) < 4.78 is 11.1. The number of carbonyl (C=O) groups excluding carboxylic acids is 1. The fourth-order valence-electron chi connectivity index (χ4n) is 4.45. The summed E-state index contributed by atoms with van der Waals surface area (Å²) in [7, 11) is 0. The van der Waals surface area contributed by atoms with Crippen LogP contribution in [0.1, 0.15) is 24.0 Å². The number of morpholine rings is 1. The molecule has 9 heteroatoms. The number of aromatic hydroxyl groups is 1. The molecule has 4 rings (SSSR count). The summed E-state index contributed by atoms with van der Waals surface area (Å²) in [4.78, 5) is 26.8. The first kappa shape index (κ1) is 23.5. The second-order valence-electron chi connectivity index (χ2n) is 8.29. The van der Waals surface area contributed by atoms with E-state index in [0.29, 0.717) is 49.5 Å². The summed E-state index contributed by atoms with van der Waals surface area (Å²) in [5, 5.41) is 15.9. The Hall–Kier alpha value is -3.69. The maximum Gasteiger partial charge on any atom is 0.343 e. The van der Waals surface area contributed by atoms with E-state index in [1.54, 1.807) is 31.2 Å². The minimum absolute atomic E-state index is 0.122. The zero-order valence-corrected chi connectivity index (χ0v) is 18.9. The van der Waals surface area contributed by atoms with Crippen molar-refractivity contribution in [2.75, 3.05) is 32.8 Å².